The van der Waals surface area contributed by atoms with Gasteiger partial charge in [0.15, 0.2) is 0 Å². The van der Waals surface area contributed by atoms with Gasteiger partial charge >= 0.3 is 5.97 Å². The van der Waals surface area contributed by atoms with E-state index in [1.807, 2.05) is 51.4 Å². The average Bonchev–Trinajstić information content (AvgIpc) is 2.79. The van der Waals surface area contributed by atoms with Crippen LogP contribution >= 0.6 is 0 Å². The summed E-state index contributed by atoms with van der Waals surface area (Å²) in [6, 6.07) is 2.48. The van der Waals surface area contributed by atoms with Gasteiger partial charge in [-0.3, -0.25) is 14.5 Å². The molecule has 2 unspecified atom stereocenters. The number of carbonyl (C=O) groups excluding carboxylic acids is 1. The third-order valence-corrected chi connectivity index (χ3v) is 5.38. The van der Waals surface area contributed by atoms with Gasteiger partial charge in [0, 0.05) is 25.5 Å². The van der Waals surface area contributed by atoms with Crippen molar-refractivity contribution in [2.24, 2.45) is 11.3 Å². The second-order valence-electron chi connectivity index (χ2n) is 7.59. The normalized spacial score (nSPS) is 18.1. The number of nitrogens with one attached hydrogen (secondary N) is 2. The molecule has 0 aromatic rings. The van der Waals surface area contributed by atoms with Crippen molar-refractivity contribution in [3.8, 4) is 6.07 Å². The van der Waals surface area contributed by atoms with Crippen LogP contribution in [0.1, 0.15) is 40.0 Å². The Labute approximate surface area is 185 Å². The lowest BCUT2D eigenvalue weighted by molar-refractivity contribution is -0.148. The molecule has 0 saturated carbocycles. The number of amides is 1. The molecule has 0 bridgehead atoms. The molecule has 168 valence electrons. The van der Waals surface area contributed by atoms with Crippen molar-refractivity contribution in [1.82, 2.24) is 15.5 Å². The van der Waals surface area contributed by atoms with E-state index in [0.717, 1.165) is 12.0 Å². The molecule has 1 aliphatic heterocycles. The molecule has 1 aliphatic rings. The van der Waals surface area contributed by atoms with E-state index in [1.165, 1.54) is 11.8 Å². The first-order chi connectivity index (χ1) is 14.8. The van der Waals surface area contributed by atoms with Crippen LogP contribution in [-0.2, 0) is 9.59 Å². The average molecular weight is 427 g/mol. The van der Waals surface area contributed by atoms with E-state index in [-0.39, 0.29) is 0 Å². The van der Waals surface area contributed by atoms with Gasteiger partial charge in [-0.15, -0.1) is 0 Å². The van der Waals surface area contributed by atoms with Crippen LogP contribution in [0, 0.1) is 22.7 Å². The van der Waals surface area contributed by atoms with Crippen molar-refractivity contribution in [1.29, 1.82) is 5.26 Å². The van der Waals surface area contributed by atoms with Crippen LogP contribution in [0.25, 0.3) is 0 Å². The van der Waals surface area contributed by atoms with Gasteiger partial charge in [-0.2, -0.15) is 5.26 Å². The Balaban J connectivity index is 2.73. The predicted octanol–water partition coefficient (Wildman–Crippen LogP) is 3.47. The molecular weight excluding hydrogens is 392 g/mol. The van der Waals surface area contributed by atoms with Gasteiger partial charge in [0.1, 0.15) is 5.92 Å². The standard InChI is InChI=1S/C24H34N4O3/c1-5-24(18-25,12-8-6-9-14-26-4)13-15-27-17-19(2)21-11-7-10-16-28(21)22(29)20(3)23(30)31/h6-11,14,16,20,26-27H,5,12-13,15,17H2,1-4H3,(H,30,31)/b8-6-,14-9-,21-19+. The molecule has 0 radical (unpaired) electrons. The molecule has 1 heterocycles. The van der Waals surface area contributed by atoms with Crippen LogP contribution in [-0.4, -0.2) is 42.0 Å². The summed E-state index contributed by atoms with van der Waals surface area (Å²) in [6.45, 7) is 6.51. The second-order valence-corrected chi connectivity index (χ2v) is 7.59. The van der Waals surface area contributed by atoms with Crippen LogP contribution < -0.4 is 10.6 Å². The predicted molar refractivity (Wildman–Crippen MR) is 122 cm³/mol. The molecule has 1 rings (SSSR count). The Hall–Kier alpha value is -3.11. The third kappa shape index (κ3) is 7.91. The maximum Gasteiger partial charge on any atom is 0.315 e. The third-order valence-electron chi connectivity index (χ3n) is 5.38. The highest BCUT2D eigenvalue weighted by Gasteiger charge is 2.28. The second kappa shape index (κ2) is 13.2. The van der Waals surface area contributed by atoms with Gasteiger partial charge in [-0.1, -0.05) is 25.2 Å². The van der Waals surface area contributed by atoms with Crippen molar-refractivity contribution >= 4 is 11.9 Å². The number of nitriles is 1. The van der Waals surface area contributed by atoms with Crippen LogP contribution in [0.2, 0.25) is 0 Å². The van der Waals surface area contributed by atoms with Gasteiger partial charge in [0.05, 0.1) is 11.5 Å². The van der Waals surface area contributed by atoms with Crippen LogP contribution in [0.15, 0.2) is 60.1 Å². The number of aliphatic carboxylic acids is 1. The van der Waals surface area contributed by atoms with Crippen molar-refractivity contribution in [2.75, 3.05) is 20.1 Å². The van der Waals surface area contributed by atoms with Gasteiger partial charge in [0.2, 0.25) is 5.91 Å². The summed E-state index contributed by atoms with van der Waals surface area (Å²) in [6.07, 6.45) is 16.7. The van der Waals surface area contributed by atoms with Crippen molar-refractivity contribution in [3.63, 3.8) is 0 Å². The minimum Gasteiger partial charge on any atom is -0.481 e. The minimum absolute atomic E-state index is 0.426. The van der Waals surface area contributed by atoms with Crippen LogP contribution in [0.3, 0.4) is 0 Å². The molecule has 0 spiro atoms. The summed E-state index contributed by atoms with van der Waals surface area (Å²) in [5.74, 6) is -2.74. The molecule has 0 aromatic carbocycles. The number of hydrogen-bond donors (Lipinski definition) is 3. The Morgan fingerprint density at radius 3 is 2.71 bits per heavy atom. The summed E-state index contributed by atoms with van der Waals surface area (Å²) in [5.41, 5.74) is 1.17. The molecule has 0 aromatic heterocycles. The maximum atomic E-state index is 12.5. The molecule has 0 saturated heterocycles. The zero-order chi connectivity index (χ0) is 23.3. The Bertz CT molecular complexity index is 817. The first-order valence-electron chi connectivity index (χ1n) is 10.5. The van der Waals surface area contributed by atoms with Crippen LogP contribution in [0.4, 0.5) is 0 Å². The molecule has 7 nitrogen and oxygen atoms in total. The fourth-order valence-electron chi connectivity index (χ4n) is 3.12. The highest BCUT2D eigenvalue weighted by molar-refractivity contribution is 5.98. The molecule has 3 N–H and O–H groups in total. The molecule has 0 fully saturated rings. The number of carbonyl (C=O) groups is 2. The first-order valence-corrected chi connectivity index (χ1v) is 10.5. The fourth-order valence-corrected chi connectivity index (χ4v) is 3.12. The number of nitrogens with zero attached hydrogens (tertiary/aromatic N) is 2. The van der Waals surface area contributed by atoms with E-state index in [0.29, 0.717) is 31.6 Å². The Kier molecular flexibility index (Phi) is 11.1. The van der Waals surface area contributed by atoms with Gasteiger partial charge in [0.25, 0.3) is 0 Å². The fraction of sp³-hybridized carbons (Fsp3) is 0.458. The molecule has 31 heavy (non-hydrogen) atoms. The SMILES string of the molecule is CCC(C#N)(C/C=C\C=C/NC)CCNC/C(C)=C1\C=CC=CN1C(=O)C(C)C(=O)O. The Morgan fingerprint density at radius 1 is 1.35 bits per heavy atom. The summed E-state index contributed by atoms with van der Waals surface area (Å²) >= 11 is 0. The first kappa shape index (κ1) is 25.9. The smallest absolute Gasteiger partial charge is 0.315 e. The summed E-state index contributed by atoms with van der Waals surface area (Å²) < 4.78 is 0. The summed E-state index contributed by atoms with van der Waals surface area (Å²) in [7, 11) is 1.83. The number of rotatable bonds is 12. The topological polar surface area (TPSA) is 105 Å². The lowest BCUT2D eigenvalue weighted by atomic mass is 9.80. The van der Waals surface area contributed by atoms with Crippen molar-refractivity contribution in [3.05, 3.63) is 60.1 Å². The van der Waals surface area contributed by atoms with E-state index >= 15 is 0 Å². The molecule has 7 heteroatoms. The number of hydrogen-bond acceptors (Lipinski definition) is 5. The summed E-state index contributed by atoms with van der Waals surface area (Å²) in [5, 5.41) is 25.2. The largest absolute Gasteiger partial charge is 0.481 e. The van der Waals surface area contributed by atoms with Gasteiger partial charge in [-0.25, -0.2) is 0 Å². The van der Waals surface area contributed by atoms with Crippen molar-refractivity contribution in [2.45, 2.75) is 40.0 Å². The van der Waals surface area contributed by atoms with E-state index in [2.05, 4.69) is 16.7 Å². The Morgan fingerprint density at radius 2 is 2.10 bits per heavy atom. The zero-order valence-corrected chi connectivity index (χ0v) is 18.9. The highest BCUT2D eigenvalue weighted by atomic mass is 16.4. The van der Waals surface area contributed by atoms with Crippen molar-refractivity contribution < 1.29 is 14.7 Å². The van der Waals surface area contributed by atoms with E-state index in [4.69, 9.17) is 5.11 Å². The van der Waals surface area contributed by atoms with E-state index in [9.17, 15) is 14.9 Å². The van der Waals surface area contributed by atoms with Gasteiger partial charge < -0.3 is 15.7 Å². The highest BCUT2D eigenvalue weighted by Crippen LogP contribution is 2.30. The lowest BCUT2D eigenvalue weighted by Crippen LogP contribution is -2.35. The molecule has 0 aliphatic carbocycles. The number of allylic oxidation sites excluding steroid dienone is 6. The van der Waals surface area contributed by atoms with E-state index in [1.54, 1.807) is 18.4 Å². The lowest BCUT2D eigenvalue weighted by Gasteiger charge is -2.26. The number of carboxylic acids is 1. The van der Waals surface area contributed by atoms with E-state index < -0.39 is 23.2 Å². The summed E-state index contributed by atoms with van der Waals surface area (Å²) in [4.78, 5) is 25.1. The number of carboxylic acid groups (broad SMARTS) is 1. The molecule has 2 atom stereocenters. The minimum atomic E-state index is -1.15. The van der Waals surface area contributed by atoms with Crippen LogP contribution in [0.5, 0.6) is 0 Å². The zero-order valence-electron chi connectivity index (χ0n) is 18.9. The van der Waals surface area contributed by atoms with Gasteiger partial charge in [-0.05, 0) is 69.7 Å². The monoisotopic (exact) mass is 426 g/mol. The quantitative estimate of drug-likeness (QED) is 0.251. The maximum absolute atomic E-state index is 12.5. The molecule has 1 amide bonds. The molecular formula is C24H34N4O3.